The van der Waals surface area contributed by atoms with Crippen molar-refractivity contribution in [1.29, 1.82) is 0 Å². The van der Waals surface area contributed by atoms with E-state index in [1.54, 1.807) is 16.9 Å². The van der Waals surface area contributed by atoms with Crippen molar-refractivity contribution in [2.75, 3.05) is 18.5 Å². The van der Waals surface area contributed by atoms with Crippen LogP contribution in [0.25, 0.3) is 17.0 Å². The van der Waals surface area contributed by atoms with Crippen LogP contribution in [0.5, 0.6) is 0 Å². The lowest BCUT2D eigenvalue weighted by Gasteiger charge is -2.09. The Morgan fingerprint density at radius 3 is 3.00 bits per heavy atom. The lowest BCUT2D eigenvalue weighted by atomic mass is 10.3. The van der Waals surface area contributed by atoms with Crippen LogP contribution >= 0.6 is 0 Å². The molecule has 0 aliphatic rings. The zero-order valence-electron chi connectivity index (χ0n) is 12.1. The number of hydrogen-bond donors (Lipinski definition) is 2. The molecular weight excluding hydrogens is 268 g/mol. The molecule has 0 aliphatic heterocycles. The van der Waals surface area contributed by atoms with Gasteiger partial charge in [-0.1, -0.05) is 0 Å². The number of nitrogens with one attached hydrogen (secondary N) is 2. The molecule has 0 fully saturated rings. The fraction of sp³-hybridized carbons (Fsp3) is 0.357. The zero-order valence-corrected chi connectivity index (χ0v) is 12.1. The van der Waals surface area contributed by atoms with Crippen LogP contribution in [0.1, 0.15) is 13.8 Å². The molecule has 21 heavy (non-hydrogen) atoms. The van der Waals surface area contributed by atoms with Gasteiger partial charge in [0.05, 0.1) is 24.6 Å². The van der Waals surface area contributed by atoms with Crippen molar-refractivity contribution in [3.8, 4) is 11.4 Å². The summed E-state index contributed by atoms with van der Waals surface area (Å²) in [4.78, 5) is 4.34. The normalized spacial score (nSPS) is 11.4. The summed E-state index contributed by atoms with van der Waals surface area (Å²) < 4.78 is 7.29. The number of ether oxygens (including phenoxy) is 1. The molecule has 0 spiro atoms. The van der Waals surface area contributed by atoms with E-state index in [1.807, 2.05) is 32.0 Å². The van der Waals surface area contributed by atoms with Crippen LogP contribution < -0.4 is 5.32 Å². The second-order valence-electron chi connectivity index (χ2n) is 4.95. The lowest BCUT2D eigenvalue weighted by Crippen LogP contribution is -2.14. The first kappa shape index (κ1) is 13.6. The van der Waals surface area contributed by atoms with Crippen molar-refractivity contribution < 1.29 is 4.74 Å². The predicted molar refractivity (Wildman–Crippen MR) is 80.1 cm³/mol. The molecule has 0 aromatic carbocycles. The molecule has 0 bridgehead atoms. The predicted octanol–water partition coefficient (Wildman–Crippen LogP) is 1.96. The third-order valence-corrected chi connectivity index (χ3v) is 3.00. The molecule has 0 atom stereocenters. The van der Waals surface area contributed by atoms with Crippen LogP contribution in [0.4, 0.5) is 5.82 Å². The molecule has 0 aliphatic carbocycles. The molecule has 3 aromatic rings. The molecular formula is C14H18N6O. The van der Waals surface area contributed by atoms with Crippen molar-refractivity contribution in [3.63, 3.8) is 0 Å². The minimum Gasteiger partial charge on any atom is -0.377 e. The molecule has 110 valence electrons. The Bertz CT molecular complexity index is 703. The number of aromatic amines is 1. The number of fused-ring (bicyclic) bond motifs is 1. The molecule has 7 nitrogen and oxygen atoms in total. The molecule has 0 radical (unpaired) electrons. The summed E-state index contributed by atoms with van der Waals surface area (Å²) in [5.41, 5.74) is 2.56. The van der Waals surface area contributed by atoms with E-state index in [9.17, 15) is 0 Å². The lowest BCUT2D eigenvalue weighted by molar-refractivity contribution is 0.0870. The van der Waals surface area contributed by atoms with Gasteiger partial charge in [0, 0.05) is 12.7 Å². The summed E-state index contributed by atoms with van der Waals surface area (Å²) in [6.07, 6.45) is 3.73. The summed E-state index contributed by atoms with van der Waals surface area (Å²) in [5.74, 6) is 0.786. The molecule has 2 N–H and O–H groups in total. The Kier molecular flexibility index (Phi) is 3.83. The first-order valence-electron chi connectivity index (χ1n) is 6.94. The third-order valence-electron chi connectivity index (χ3n) is 3.00. The molecule has 0 saturated heterocycles. The Balaban J connectivity index is 1.77. The smallest absolute Gasteiger partial charge is 0.154 e. The van der Waals surface area contributed by atoms with Gasteiger partial charge in [0.25, 0.3) is 0 Å². The van der Waals surface area contributed by atoms with E-state index in [4.69, 9.17) is 4.74 Å². The van der Waals surface area contributed by atoms with Gasteiger partial charge in [-0.25, -0.2) is 9.50 Å². The van der Waals surface area contributed by atoms with Crippen molar-refractivity contribution in [3.05, 3.63) is 30.6 Å². The molecule has 3 aromatic heterocycles. The molecule has 0 saturated carbocycles. The number of imidazole rings is 1. The van der Waals surface area contributed by atoms with Crippen LogP contribution in [0.2, 0.25) is 0 Å². The maximum Gasteiger partial charge on any atom is 0.154 e. The van der Waals surface area contributed by atoms with Crippen LogP contribution in [0.3, 0.4) is 0 Å². The van der Waals surface area contributed by atoms with Gasteiger partial charge >= 0.3 is 0 Å². The average molecular weight is 286 g/mol. The largest absolute Gasteiger partial charge is 0.377 e. The summed E-state index contributed by atoms with van der Waals surface area (Å²) >= 11 is 0. The Hall–Kier alpha value is -2.41. The van der Waals surface area contributed by atoms with Gasteiger partial charge in [-0.05, 0) is 32.0 Å². The number of hydrogen-bond acceptors (Lipinski definition) is 5. The van der Waals surface area contributed by atoms with E-state index < -0.39 is 0 Å². The highest BCUT2D eigenvalue weighted by Crippen LogP contribution is 2.18. The van der Waals surface area contributed by atoms with Gasteiger partial charge in [-0.15, -0.1) is 5.10 Å². The Morgan fingerprint density at radius 2 is 2.24 bits per heavy atom. The van der Waals surface area contributed by atoms with Gasteiger partial charge in [-0.2, -0.15) is 5.10 Å². The highest BCUT2D eigenvalue weighted by atomic mass is 16.5. The Labute approximate surface area is 122 Å². The van der Waals surface area contributed by atoms with Gasteiger partial charge in [-0.3, -0.25) is 5.10 Å². The van der Waals surface area contributed by atoms with E-state index >= 15 is 0 Å². The highest BCUT2D eigenvalue weighted by Gasteiger charge is 2.08. The number of H-pyrrole nitrogens is 1. The Morgan fingerprint density at radius 1 is 1.33 bits per heavy atom. The fourth-order valence-electron chi connectivity index (χ4n) is 2.02. The van der Waals surface area contributed by atoms with Crippen LogP contribution in [0.15, 0.2) is 30.6 Å². The van der Waals surface area contributed by atoms with Crippen molar-refractivity contribution in [1.82, 2.24) is 24.8 Å². The SMILES string of the molecule is CC(C)OCCNc1ccc2ncc(-c3ccn[nH]3)n2n1. The highest BCUT2D eigenvalue weighted by molar-refractivity contribution is 5.59. The zero-order chi connectivity index (χ0) is 14.7. The summed E-state index contributed by atoms with van der Waals surface area (Å²) in [6, 6.07) is 5.73. The number of aromatic nitrogens is 5. The number of anilines is 1. The van der Waals surface area contributed by atoms with E-state index in [-0.39, 0.29) is 6.10 Å². The summed E-state index contributed by atoms with van der Waals surface area (Å²) in [6.45, 7) is 5.40. The van der Waals surface area contributed by atoms with E-state index in [0.29, 0.717) is 13.2 Å². The third kappa shape index (κ3) is 3.03. The van der Waals surface area contributed by atoms with Gasteiger partial charge in [0.2, 0.25) is 0 Å². The molecule has 0 amide bonds. The molecule has 7 heteroatoms. The second-order valence-corrected chi connectivity index (χ2v) is 4.95. The standard InChI is InChI=1S/C14H18N6O/c1-10(2)21-8-7-15-13-3-4-14-16-9-12(20(14)19-13)11-5-6-17-18-11/h3-6,9-10H,7-8H2,1-2H3,(H,15,19)(H,17,18). The topological polar surface area (TPSA) is 80.1 Å². The maximum absolute atomic E-state index is 5.50. The van der Waals surface area contributed by atoms with Gasteiger partial charge in [0.1, 0.15) is 11.5 Å². The first-order chi connectivity index (χ1) is 10.2. The maximum atomic E-state index is 5.50. The van der Waals surface area contributed by atoms with E-state index in [1.165, 1.54) is 0 Å². The van der Waals surface area contributed by atoms with Crippen LogP contribution in [-0.4, -0.2) is 44.1 Å². The molecule has 3 heterocycles. The van der Waals surface area contributed by atoms with Gasteiger partial charge in [0.15, 0.2) is 5.65 Å². The number of nitrogens with zero attached hydrogens (tertiary/aromatic N) is 4. The monoisotopic (exact) mass is 286 g/mol. The van der Waals surface area contributed by atoms with E-state index in [2.05, 4.69) is 25.6 Å². The summed E-state index contributed by atoms with van der Waals surface area (Å²) in [7, 11) is 0. The average Bonchev–Trinajstić information content (AvgIpc) is 3.11. The van der Waals surface area contributed by atoms with E-state index in [0.717, 1.165) is 22.9 Å². The van der Waals surface area contributed by atoms with Crippen molar-refractivity contribution in [2.45, 2.75) is 20.0 Å². The fourth-order valence-corrected chi connectivity index (χ4v) is 2.02. The second kappa shape index (κ2) is 5.92. The molecule has 0 unspecified atom stereocenters. The minimum absolute atomic E-state index is 0.239. The van der Waals surface area contributed by atoms with Crippen molar-refractivity contribution >= 4 is 11.5 Å². The number of rotatable bonds is 6. The van der Waals surface area contributed by atoms with Crippen molar-refractivity contribution in [2.24, 2.45) is 0 Å². The molecule has 3 rings (SSSR count). The quantitative estimate of drug-likeness (QED) is 0.677. The summed E-state index contributed by atoms with van der Waals surface area (Å²) in [5, 5.41) is 14.7. The van der Waals surface area contributed by atoms with Gasteiger partial charge < -0.3 is 10.1 Å². The minimum atomic E-state index is 0.239. The van der Waals surface area contributed by atoms with Crippen LogP contribution in [-0.2, 0) is 4.74 Å². The first-order valence-corrected chi connectivity index (χ1v) is 6.94. The van der Waals surface area contributed by atoms with Crippen LogP contribution in [0, 0.1) is 0 Å².